The van der Waals surface area contributed by atoms with Crippen LogP contribution in [0, 0.1) is 5.82 Å². The van der Waals surface area contributed by atoms with Gasteiger partial charge >= 0.3 is 0 Å². The van der Waals surface area contributed by atoms with Gasteiger partial charge in [-0.15, -0.1) is 0 Å². The van der Waals surface area contributed by atoms with Crippen molar-refractivity contribution in [2.75, 3.05) is 0 Å². The number of carbonyl (C=O) groups is 2. The standard InChI is InChI=1S/C26H23FN2O3/c1-16(2)18-5-7-19(8-6-18)23-22(24(30)20-9-11-21(27)12-10-20)25(31)26(32)29(23)15-17-4-3-13-28-14-17/h3-14,16,23,30H,15H2,1-2H3/b24-22+. The summed E-state index contributed by atoms with van der Waals surface area (Å²) < 4.78 is 13.4. The van der Waals surface area contributed by atoms with Crippen LogP contribution in [0.3, 0.4) is 0 Å². The minimum absolute atomic E-state index is 0.0113. The van der Waals surface area contributed by atoms with Crippen molar-refractivity contribution in [1.82, 2.24) is 9.88 Å². The summed E-state index contributed by atoms with van der Waals surface area (Å²) in [6, 6.07) is 15.7. The van der Waals surface area contributed by atoms with Crippen molar-refractivity contribution < 1.29 is 19.1 Å². The summed E-state index contributed by atoms with van der Waals surface area (Å²) in [6.45, 7) is 4.32. The molecule has 32 heavy (non-hydrogen) atoms. The Labute approximate surface area is 185 Å². The summed E-state index contributed by atoms with van der Waals surface area (Å²) in [5.74, 6) is -1.93. The number of aromatic nitrogens is 1. The lowest BCUT2D eigenvalue weighted by Gasteiger charge is -2.25. The van der Waals surface area contributed by atoms with E-state index in [1.54, 1.807) is 18.5 Å². The first kappa shape index (κ1) is 21.4. The summed E-state index contributed by atoms with van der Waals surface area (Å²) in [5.41, 5.74) is 2.86. The minimum Gasteiger partial charge on any atom is -0.507 e. The van der Waals surface area contributed by atoms with E-state index in [0.717, 1.165) is 11.1 Å². The molecule has 3 aromatic rings. The van der Waals surface area contributed by atoms with Crippen LogP contribution in [0.5, 0.6) is 0 Å². The Morgan fingerprint density at radius 2 is 1.75 bits per heavy atom. The average molecular weight is 430 g/mol. The highest BCUT2D eigenvalue weighted by molar-refractivity contribution is 6.46. The van der Waals surface area contributed by atoms with Gasteiger partial charge in [0, 0.05) is 24.5 Å². The zero-order valence-electron chi connectivity index (χ0n) is 17.8. The highest BCUT2D eigenvalue weighted by Crippen LogP contribution is 2.40. The highest BCUT2D eigenvalue weighted by Gasteiger charge is 2.46. The summed E-state index contributed by atoms with van der Waals surface area (Å²) in [4.78, 5) is 31.6. The molecule has 1 aliphatic heterocycles. The zero-order chi connectivity index (χ0) is 22.8. The Morgan fingerprint density at radius 3 is 2.34 bits per heavy atom. The molecule has 1 aliphatic rings. The first-order valence-corrected chi connectivity index (χ1v) is 10.4. The van der Waals surface area contributed by atoms with Crippen LogP contribution in [0.4, 0.5) is 4.39 Å². The van der Waals surface area contributed by atoms with Gasteiger partial charge in [-0.2, -0.15) is 0 Å². The predicted octanol–water partition coefficient (Wildman–Crippen LogP) is 4.97. The fourth-order valence-electron chi connectivity index (χ4n) is 3.90. The lowest BCUT2D eigenvalue weighted by molar-refractivity contribution is -0.140. The van der Waals surface area contributed by atoms with Crippen molar-refractivity contribution in [3.63, 3.8) is 0 Å². The number of likely N-dealkylation sites (tertiary alicyclic amines) is 1. The van der Waals surface area contributed by atoms with Gasteiger partial charge in [0.05, 0.1) is 11.6 Å². The maximum Gasteiger partial charge on any atom is 0.295 e. The summed E-state index contributed by atoms with van der Waals surface area (Å²) in [5, 5.41) is 11.0. The van der Waals surface area contributed by atoms with E-state index < -0.39 is 23.5 Å². The van der Waals surface area contributed by atoms with Gasteiger partial charge in [0.2, 0.25) is 0 Å². The molecule has 162 valence electrons. The van der Waals surface area contributed by atoms with Gasteiger partial charge in [-0.05, 0) is 52.9 Å². The number of hydrogen-bond donors (Lipinski definition) is 1. The second-order valence-electron chi connectivity index (χ2n) is 8.12. The molecule has 5 nitrogen and oxygen atoms in total. The number of pyridine rings is 1. The molecule has 1 atom stereocenters. The van der Waals surface area contributed by atoms with Crippen LogP contribution in [0.25, 0.3) is 5.76 Å². The van der Waals surface area contributed by atoms with Crippen molar-refractivity contribution in [3.8, 4) is 0 Å². The number of nitrogens with zero attached hydrogens (tertiary/aromatic N) is 2. The molecule has 2 heterocycles. The van der Waals surface area contributed by atoms with Gasteiger partial charge in [-0.25, -0.2) is 4.39 Å². The molecule has 6 heteroatoms. The van der Waals surface area contributed by atoms with E-state index in [-0.39, 0.29) is 23.4 Å². The summed E-state index contributed by atoms with van der Waals surface area (Å²) >= 11 is 0. The van der Waals surface area contributed by atoms with E-state index in [4.69, 9.17) is 0 Å². The van der Waals surface area contributed by atoms with E-state index >= 15 is 0 Å². The number of aliphatic hydroxyl groups excluding tert-OH is 1. The molecule has 1 N–H and O–H groups in total. The van der Waals surface area contributed by atoms with Gasteiger partial charge in [0.25, 0.3) is 11.7 Å². The number of benzene rings is 2. The van der Waals surface area contributed by atoms with Gasteiger partial charge in [-0.3, -0.25) is 14.6 Å². The van der Waals surface area contributed by atoms with Crippen molar-refractivity contribution in [2.24, 2.45) is 0 Å². The number of amides is 1. The fourth-order valence-corrected chi connectivity index (χ4v) is 3.90. The molecule has 4 rings (SSSR count). The molecule has 0 radical (unpaired) electrons. The third-order valence-electron chi connectivity index (χ3n) is 5.65. The van der Waals surface area contributed by atoms with Crippen molar-refractivity contribution in [2.45, 2.75) is 32.4 Å². The molecular formula is C26H23FN2O3. The molecule has 1 unspecified atom stereocenters. The minimum atomic E-state index is -0.776. The Balaban J connectivity index is 1.84. The molecule has 0 bridgehead atoms. The van der Waals surface area contributed by atoms with Crippen LogP contribution >= 0.6 is 0 Å². The molecule has 1 amide bonds. The van der Waals surface area contributed by atoms with Crippen LogP contribution in [0.15, 0.2) is 78.6 Å². The number of ketones is 1. The third kappa shape index (κ3) is 4.04. The fraction of sp³-hybridized carbons (Fsp3) is 0.192. The van der Waals surface area contributed by atoms with Crippen LogP contribution in [-0.4, -0.2) is 26.7 Å². The molecule has 0 aliphatic carbocycles. The number of aliphatic hydroxyl groups is 1. The average Bonchev–Trinajstić information content (AvgIpc) is 3.05. The second kappa shape index (κ2) is 8.75. The summed E-state index contributed by atoms with van der Waals surface area (Å²) in [7, 11) is 0. The lowest BCUT2D eigenvalue weighted by Crippen LogP contribution is -2.29. The molecule has 1 fully saturated rings. The van der Waals surface area contributed by atoms with Crippen LogP contribution in [0.2, 0.25) is 0 Å². The van der Waals surface area contributed by atoms with E-state index in [1.807, 2.05) is 30.3 Å². The van der Waals surface area contributed by atoms with Gasteiger partial charge < -0.3 is 10.0 Å². The number of halogens is 1. The Kier molecular flexibility index (Phi) is 5.86. The Bertz CT molecular complexity index is 1170. The highest BCUT2D eigenvalue weighted by atomic mass is 19.1. The van der Waals surface area contributed by atoms with Crippen LogP contribution < -0.4 is 0 Å². The maximum atomic E-state index is 13.4. The quantitative estimate of drug-likeness (QED) is 0.353. The van der Waals surface area contributed by atoms with Gasteiger partial charge in [0.1, 0.15) is 11.6 Å². The zero-order valence-corrected chi connectivity index (χ0v) is 17.8. The third-order valence-corrected chi connectivity index (χ3v) is 5.65. The smallest absolute Gasteiger partial charge is 0.295 e. The van der Waals surface area contributed by atoms with Crippen molar-refractivity contribution in [3.05, 3.63) is 107 Å². The number of rotatable bonds is 5. The topological polar surface area (TPSA) is 70.5 Å². The van der Waals surface area contributed by atoms with Gasteiger partial charge in [0.15, 0.2) is 0 Å². The van der Waals surface area contributed by atoms with E-state index in [0.29, 0.717) is 11.5 Å². The monoisotopic (exact) mass is 430 g/mol. The molecule has 0 saturated carbocycles. The first-order valence-electron chi connectivity index (χ1n) is 10.4. The van der Waals surface area contributed by atoms with E-state index in [1.165, 1.54) is 29.2 Å². The SMILES string of the molecule is CC(C)c1ccc(C2/C(=C(\O)c3ccc(F)cc3)C(=O)C(=O)N2Cc2cccnc2)cc1. The van der Waals surface area contributed by atoms with Crippen LogP contribution in [0.1, 0.15) is 48.1 Å². The predicted molar refractivity (Wildman–Crippen MR) is 119 cm³/mol. The first-order chi connectivity index (χ1) is 15.4. The van der Waals surface area contributed by atoms with Gasteiger partial charge in [-0.1, -0.05) is 44.2 Å². The largest absolute Gasteiger partial charge is 0.507 e. The molecular weight excluding hydrogens is 407 g/mol. The second-order valence-corrected chi connectivity index (χ2v) is 8.12. The van der Waals surface area contributed by atoms with Crippen molar-refractivity contribution in [1.29, 1.82) is 0 Å². The lowest BCUT2D eigenvalue weighted by atomic mass is 9.93. The summed E-state index contributed by atoms with van der Waals surface area (Å²) in [6.07, 6.45) is 3.27. The molecule has 0 spiro atoms. The van der Waals surface area contributed by atoms with Crippen LogP contribution in [-0.2, 0) is 16.1 Å². The Morgan fingerprint density at radius 1 is 1.06 bits per heavy atom. The van der Waals surface area contributed by atoms with Crippen molar-refractivity contribution >= 4 is 17.4 Å². The molecule has 2 aromatic carbocycles. The number of carbonyl (C=O) groups excluding carboxylic acids is 2. The van der Waals surface area contributed by atoms with E-state index in [9.17, 15) is 19.1 Å². The molecule has 1 saturated heterocycles. The number of Topliss-reactive ketones (excluding diaryl/α,β-unsaturated/α-hetero) is 1. The maximum absolute atomic E-state index is 13.4. The number of hydrogen-bond acceptors (Lipinski definition) is 4. The molecule has 1 aromatic heterocycles. The Hall–Kier alpha value is -3.80. The normalized spacial score (nSPS) is 17.9. The van der Waals surface area contributed by atoms with E-state index in [2.05, 4.69) is 18.8 Å².